The first-order valence-electron chi connectivity index (χ1n) is 9.05. The third-order valence-corrected chi connectivity index (χ3v) is 5.24. The number of carbonyl (C=O) groups is 1. The quantitative estimate of drug-likeness (QED) is 0.770. The molecule has 144 valence electrons. The minimum absolute atomic E-state index is 0.0711. The topological polar surface area (TPSA) is 74.2 Å². The van der Waals surface area contributed by atoms with Gasteiger partial charge in [-0.15, -0.1) is 11.3 Å². The van der Waals surface area contributed by atoms with Gasteiger partial charge in [-0.3, -0.25) is 4.79 Å². The zero-order valence-electron chi connectivity index (χ0n) is 16.3. The first-order chi connectivity index (χ1) is 12.9. The number of hydrogen-bond donors (Lipinski definition) is 1. The number of aromatic nitrogens is 3. The fraction of sp³-hybridized carbons (Fsp3) is 0.474. The molecule has 0 saturated carbocycles. The molecule has 27 heavy (non-hydrogen) atoms. The summed E-state index contributed by atoms with van der Waals surface area (Å²) in [6.45, 7) is 6.07. The van der Waals surface area contributed by atoms with Crippen LogP contribution in [0.1, 0.15) is 29.6 Å². The molecule has 1 saturated heterocycles. The van der Waals surface area contributed by atoms with Gasteiger partial charge in [0.1, 0.15) is 11.6 Å². The molecule has 0 bridgehead atoms. The smallest absolute Gasteiger partial charge is 0.246 e. The number of likely N-dealkylation sites (N-methyl/N-ethyl adjacent to an activating group) is 1. The Morgan fingerprint density at radius 2 is 2.19 bits per heavy atom. The molecule has 1 fully saturated rings. The number of nitrogens with one attached hydrogen (secondary N) is 1. The molecule has 8 heteroatoms. The number of nitrogens with zero attached hydrogens (tertiary/aromatic N) is 5. The Bertz CT molecular complexity index is 831. The minimum Gasteiger partial charge on any atom is -0.338 e. The van der Waals surface area contributed by atoms with E-state index < -0.39 is 0 Å². The predicted molar refractivity (Wildman–Crippen MR) is 109 cm³/mol. The van der Waals surface area contributed by atoms with Gasteiger partial charge >= 0.3 is 0 Å². The lowest BCUT2D eigenvalue weighted by molar-refractivity contribution is -0.125. The largest absolute Gasteiger partial charge is 0.338 e. The van der Waals surface area contributed by atoms with E-state index in [1.54, 1.807) is 17.4 Å². The second-order valence-electron chi connectivity index (χ2n) is 7.08. The lowest BCUT2D eigenvalue weighted by Gasteiger charge is -2.15. The van der Waals surface area contributed by atoms with Crippen molar-refractivity contribution in [1.82, 2.24) is 24.8 Å². The third kappa shape index (κ3) is 5.33. The van der Waals surface area contributed by atoms with Gasteiger partial charge < -0.3 is 15.1 Å². The van der Waals surface area contributed by atoms with Gasteiger partial charge in [0.15, 0.2) is 5.13 Å². The molecule has 2 aromatic rings. The van der Waals surface area contributed by atoms with Gasteiger partial charge in [-0.1, -0.05) is 6.08 Å². The van der Waals surface area contributed by atoms with Crippen LogP contribution in [-0.4, -0.2) is 64.4 Å². The van der Waals surface area contributed by atoms with Crippen molar-refractivity contribution in [3.8, 4) is 0 Å². The summed E-state index contributed by atoms with van der Waals surface area (Å²) in [5.74, 6) is 1.78. The molecule has 3 heterocycles. The first-order valence-corrected chi connectivity index (χ1v) is 9.93. The summed E-state index contributed by atoms with van der Waals surface area (Å²) in [4.78, 5) is 29.8. The van der Waals surface area contributed by atoms with Gasteiger partial charge in [-0.05, 0) is 34.4 Å². The van der Waals surface area contributed by atoms with Crippen LogP contribution in [0.2, 0.25) is 0 Å². The number of thiazole rings is 1. The maximum absolute atomic E-state index is 12.3. The molecule has 1 aliphatic heterocycles. The normalized spacial score (nSPS) is 17.2. The van der Waals surface area contributed by atoms with E-state index in [4.69, 9.17) is 0 Å². The first kappa shape index (κ1) is 19.4. The summed E-state index contributed by atoms with van der Waals surface area (Å²) in [5, 5.41) is 6.09. The van der Waals surface area contributed by atoms with Crippen LogP contribution < -0.4 is 5.32 Å². The van der Waals surface area contributed by atoms with Gasteiger partial charge in [-0.2, -0.15) is 0 Å². The van der Waals surface area contributed by atoms with Crippen molar-refractivity contribution in [2.24, 2.45) is 0 Å². The molecule has 2 aromatic heterocycles. The highest BCUT2D eigenvalue weighted by atomic mass is 32.1. The fourth-order valence-corrected chi connectivity index (χ4v) is 3.75. The van der Waals surface area contributed by atoms with Crippen molar-refractivity contribution in [1.29, 1.82) is 0 Å². The van der Waals surface area contributed by atoms with Crippen LogP contribution in [-0.2, 0) is 4.79 Å². The molecule has 0 radical (unpaired) electrons. The number of hydrogen-bond acceptors (Lipinski definition) is 7. The van der Waals surface area contributed by atoms with Crippen molar-refractivity contribution in [2.45, 2.75) is 26.2 Å². The van der Waals surface area contributed by atoms with Crippen molar-refractivity contribution in [3.63, 3.8) is 0 Å². The predicted octanol–water partition coefficient (Wildman–Crippen LogP) is 2.73. The summed E-state index contributed by atoms with van der Waals surface area (Å²) in [6.07, 6.45) is 4.49. The van der Waals surface area contributed by atoms with E-state index in [1.807, 2.05) is 55.3 Å². The summed E-state index contributed by atoms with van der Waals surface area (Å²) in [6, 6.07) is 1.98. The van der Waals surface area contributed by atoms with E-state index in [0.29, 0.717) is 6.54 Å². The third-order valence-electron chi connectivity index (χ3n) is 4.36. The maximum Gasteiger partial charge on any atom is 0.246 e. The lowest BCUT2D eigenvalue weighted by Crippen LogP contribution is -2.27. The zero-order chi connectivity index (χ0) is 19.4. The Labute approximate surface area is 164 Å². The molecule has 1 unspecified atom stereocenters. The average Bonchev–Trinajstić information content (AvgIpc) is 3.23. The summed E-state index contributed by atoms with van der Waals surface area (Å²) < 4.78 is 0. The zero-order valence-corrected chi connectivity index (χ0v) is 17.1. The van der Waals surface area contributed by atoms with E-state index >= 15 is 0 Å². The van der Waals surface area contributed by atoms with E-state index in [-0.39, 0.29) is 11.8 Å². The molecule has 1 aliphatic rings. The summed E-state index contributed by atoms with van der Waals surface area (Å²) in [7, 11) is 3.97. The van der Waals surface area contributed by atoms with Crippen LogP contribution in [0.4, 0.5) is 10.9 Å². The van der Waals surface area contributed by atoms with Crippen LogP contribution in [0.25, 0.3) is 0 Å². The van der Waals surface area contributed by atoms with Gasteiger partial charge in [-0.25, -0.2) is 15.0 Å². The summed E-state index contributed by atoms with van der Waals surface area (Å²) >= 11 is 1.56. The number of amides is 1. The molecule has 0 spiro atoms. The van der Waals surface area contributed by atoms with E-state index in [2.05, 4.69) is 20.3 Å². The van der Waals surface area contributed by atoms with Crippen molar-refractivity contribution in [3.05, 3.63) is 40.8 Å². The second kappa shape index (κ2) is 8.58. The monoisotopic (exact) mass is 386 g/mol. The molecule has 1 atom stereocenters. The van der Waals surface area contributed by atoms with E-state index in [1.165, 1.54) is 0 Å². The Morgan fingerprint density at radius 3 is 2.89 bits per heavy atom. The molecule has 1 N–H and O–H groups in total. The maximum atomic E-state index is 12.3. The van der Waals surface area contributed by atoms with Crippen LogP contribution in [0.15, 0.2) is 23.6 Å². The Morgan fingerprint density at radius 1 is 1.37 bits per heavy atom. The van der Waals surface area contributed by atoms with Crippen molar-refractivity contribution in [2.75, 3.05) is 39.0 Å². The van der Waals surface area contributed by atoms with Crippen molar-refractivity contribution >= 4 is 28.2 Å². The Hall–Kier alpha value is -2.32. The standard InChI is InChI=1S/C19H26N6OS/c1-13-12-27-19(20-13)23-17-10-16(21-14(2)22-17)15-7-9-25(11-15)18(26)6-5-8-24(3)4/h5-6,10,12,15H,7-9,11H2,1-4H3,(H,20,21,22,23)/b6-5+. The summed E-state index contributed by atoms with van der Waals surface area (Å²) in [5.41, 5.74) is 1.96. The van der Waals surface area contributed by atoms with E-state index in [0.717, 1.165) is 47.7 Å². The number of likely N-dealkylation sites (tertiary alicyclic amines) is 1. The number of carbonyl (C=O) groups excluding carboxylic acids is 1. The molecule has 3 rings (SSSR count). The van der Waals surface area contributed by atoms with E-state index in [9.17, 15) is 4.79 Å². The molecular weight excluding hydrogens is 360 g/mol. The number of rotatable bonds is 6. The van der Waals surface area contributed by atoms with Crippen molar-refractivity contribution < 1.29 is 4.79 Å². The average molecular weight is 387 g/mol. The fourth-order valence-electron chi connectivity index (χ4n) is 3.06. The Kier molecular flexibility index (Phi) is 6.18. The molecule has 0 aliphatic carbocycles. The van der Waals surface area contributed by atoms with Crippen LogP contribution in [0, 0.1) is 13.8 Å². The molecule has 1 amide bonds. The van der Waals surface area contributed by atoms with Crippen LogP contribution in [0.3, 0.4) is 0 Å². The molecule has 0 aromatic carbocycles. The highest BCUT2D eigenvalue weighted by Gasteiger charge is 2.27. The molecular formula is C19H26N6OS. The van der Waals surface area contributed by atoms with Crippen LogP contribution >= 0.6 is 11.3 Å². The van der Waals surface area contributed by atoms with Crippen LogP contribution in [0.5, 0.6) is 0 Å². The number of anilines is 2. The van der Waals surface area contributed by atoms with Gasteiger partial charge in [0.25, 0.3) is 0 Å². The highest BCUT2D eigenvalue weighted by molar-refractivity contribution is 7.13. The SMILES string of the molecule is Cc1csc(Nc2cc(C3CCN(C(=O)/C=C/CN(C)C)C3)nc(C)n2)n1. The van der Waals surface area contributed by atoms with Gasteiger partial charge in [0.05, 0.1) is 11.4 Å². The second-order valence-corrected chi connectivity index (χ2v) is 7.94. The number of aryl methyl sites for hydroxylation is 2. The molecule has 7 nitrogen and oxygen atoms in total. The Balaban J connectivity index is 1.66. The highest BCUT2D eigenvalue weighted by Crippen LogP contribution is 2.28. The minimum atomic E-state index is 0.0711. The van der Waals surface area contributed by atoms with Gasteiger partial charge in [0, 0.05) is 43.1 Å². The lowest BCUT2D eigenvalue weighted by atomic mass is 10.0. The van der Waals surface area contributed by atoms with Gasteiger partial charge in [0.2, 0.25) is 5.91 Å².